The minimum absolute atomic E-state index is 0.0107. The van der Waals surface area contributed by atoms with Gasteiger partial charge in [-0.3, -0.25) is 14.5 Å². The fourth-order valence-corrected chi connectivity index (χ4v) is 3.48. The molecule has 0 bridgehead atoms. The van der Waals surface area contributed by atoms with Crippen molar-refractivity contribution in [3.8, 4) is 0 Å². The zero-order chi connectivity index (χ0) is 22.2. The monoisotopic (exact) mass is 424 g/mol. The number of likely N-dealkylation sites (N-methyl/N-ethyl adjacent to an activating group) is 1. The van der Waals surface area contributed by atoms with Crippen molar-refractivity contribution < 1.29 is 27.2 Å². The number of carbonyl (C=O) groups excluding carboxylic acids is 2. The second-order valence-electron chi connectivity index (χ2n) is 6.98. The van der Waals surface area contributed by atoms with E-state index in [0.717, 1.165) is 23.1 Å². The number of aromatic nitrogens is 1. The number of benzene rings is 1. The highest BCUT2D eigenvalue weighted by Gasteiger charge is 2.41. The molecule has 1 unspecified atom stereocenters. The summed E-state index contributed by atoms with van der Waals surface area (Å²) in [6.45, 7) is 1.38. The number of anilines is 3. The second-order valence-corrected chi connectivity index (χ2v) is 6.98. The SMILES string of the molecule is CNc1ccc(F)cc1N(C)C(=O)C1CCC(=O)N1c1cc(C(F)(F)F)cc(C)n1. The lowest BCUT2D eigenvalue weighted by atomic mass is 10.1. The van der Waals surface area contributed by atoms with Gasteiger partial charge in [-0.2, -0.15) is 13.2 Å². The van der Waals surface area contributed by atoms with E-state index in [-0.39, 0.29) is 30.0 Å². The number of alkyl halides is 3. The van der Waals surface area contributed by atoms with Crippen molar-refractivity contribution in [2.45, 2.75) is 32.0 Å². The molecule has 6 nitrogen and oxygen atoms in total. The molecule has 0 radical (unpaired) electrons. The van der Waals surface area contributed by atoms with Gasteiger partial charge in [0.1, 0.15) is 17.7 Å². The van der Waals surface area contributed by atoms with Crippen molar-refractivity contribution >= 4 is 29.0 Å². The molecule has 160 valence electrons. The molecule has 30 heavy (non-hydrogen) atoms. The van der Waals surface area contributed by atoms with Crippen LogP contribution in [0.15, 0.2) is 30.3 Å². The van der Waals surface area contributed by atoms with Crippen LogP contribution in [-0.4, -0.2) is 36.9 Å². The smallest absolute Gasteiger partial charge is 0.386 e. The van der Waals surface area contributed by atoms with Crippen molar-refractivity contribution in [2.24, 2.45) is 0 Å². The van der Waals surface area contributed by atoms with E-state index < -0.39 is 35.4 Å². The Morgan fingerprint density at radius 1 is 1.27 bits per heavy atom. The minimum Gasteiger partial charge on any atom is -0.386 e. The summed E-state index contributed by atoms with van der Waals surface area (Å²) in [5.74, 6) is -1.84. The predicted molar refractivity (Wildman–Crippen MR) is 104 cm³/mol. The molecule has 10 heteroatoms. The highest BCUT2D eigenvalue weighted by atomic mass is 19.4. The van der Waals surface area contributed by atoms with Crippen LogP contribution in [0.4, 0.5) is 34.8 Å². The molecule has 1 saturated heterocycles. The largest absolute Gasteiger partial charge is 0.416 e. The lowest BCUT2D eigenvalue weighted by molar-refractivity contribution is -0.137. The summed E-state index contributed by atoms with van der Waals surface area (Å²) in [4.78, 5) is 31.9. The first-order chi connectivity index (χ1) is 14.0. The number of amides is 2. The molecule has 2 heterocycles. The maximum atomic E-state index is 13.7. The molecule has 0 spiro atoms. The lowest BCUT2D eigenvalue weighted by Gasteiger charge is -2.29. The molecule has 1 aromatic heterocycles. The molecular formula is C20H20F4N4O2. The number of aryl methyl sites for hydroxylation is 1. The molecule has 2 aromatic rings. The summed E-state index contributed by atoms with van der Waals surface area (Å²) in [7, 11) is 3.03. The Morgan fingerprint density at radius 3 is 2.60 bits per heavy atom. The van der Waals surface area contributed by atoms with E-state index in [0.29, 0.717) is 5.69 Å². The molecule has 1 N–H and O–H groups in total. The van der Waals surface area contributed by atoms with Gasteiger partial charge in [-0.25, -0.2) is 9.37 Å². The van der Waals surface area contributed by atoms with E-state index in [4.69, 9.17) is 0 Å². The van der Waals surface area contributed by atoms with Crippen LogP contribution < -0.4 is 15.1 Å². The third-order valence-corrected chi connectivity index (χ3v) is 4.93. The van der Waals surface area contributed by atoms with Crippen LogP contribution in [0.2, 0.25) is 0 Å². The van der Waals surface area contributed by atoms with Gasteiger partial charge >= 0.3 is 6.18 Å². The molecule has 3 rings (SSSR count). The number of halogens is 4. The summed E-state index contributed by atoms with van der Waals surface area (Å²) in [6, 6.07) is 4.44. The quantitative estimate of drug-likeness (QED) is 0.760. The average Bonchev–Trinajstić information content (AvgIpc) is 3.07. The van der Waals surface area contributed by atoms with E-state index in [1.54, 1.807) is 7.05 Å². The van der Waals surface area contributed by atoms with Crippen LogP contribution >= 0.6 is 0 Å². The molecule has 1 atom stereocenters. The van der Waals surface area contributed by atoms with Crippen molar-refractivity contribution in [2.75, 3.05) is 29.2 Å². The van der Waals surface area contributed by atoms with E-state index in [9.17, 15) is 27.2 Å². The number of nitrogens with zero attached hydrogens (tertiary/aromatic N) is 3. The topological polar surface area (TPSA) is 65.5 Å². The molecule has 1 aliphatic heterocycles. The molecule has 0 saturated carbocycles. The molecule has 2 amide bonds. The Balaban J connectivity index is 1.99. The van der Waals surface area contributed by atoms with Crippen molar-refractivity contribution in [3.63, 3.8) is 0 Å². The van der Waals surface area contributed by atoms with Crippen LogP contribution in [0.25, 0.3) is 0 Å². The second kappa shape index (κ2) is 7.92. The van der Waals surface area contributed by atoms with Crippen LogP contribution in [0.3, 0.4) is 0 Å². The third kappa shape index (κ3) is 4.07. The van der Waals surface area contributed by atoms with Gasteiger partial charge in [0.05, 0.1) is 16.9 Å². The van der Waals surface area contributed by atoms with Gasteiger partial charge in [-0.15, -0.1) is 0 Å². The average molecular weight is 424 g/mol. The van der Waals surface area contributed by atoms with Crippen LogP contribution in [0.1, 0.15) is 24.1 Å². The van der Waals surface area contributed by atoms with Crippen molar-refractivity contribution in [1.29, 1.82) is 0 Å². The van der Waals surface area contributed by atoms with Gasteiger partial charge in [0.2, 0.25) is 11.8 Å². The molecular weight excluding hydrogens is 404 g/mol. The predicted octanol–water partition coefficient (Wildman–Crippen LogP) is 3.75. The van der Waals surface area contributed by atoms with Gasteiger partial charge < -0.3 is 10.2 Å². The van der Waals surface area contributed by atoms with Gasteiger partial charge in [-0.1, -0.05) is 0 Å². The fraction of sp³-hybridized carbons (Fsp3) is 0.350. The number of pyridine rings is 1. The van der Waals surface area contributed by atoms with Gasteiger partial charge in [0, 0.05) is 26.2 Å². The highest BCUT2D eigenvalue weighted by Crippen LogP contribution is 2.35. The Labute approximate surface area is 170 Å². The number of nitrogens with one attached hydrogen (secondary N) is 1. The molecule has 1 aromatic carbocycles. The van der Waals surface area contributed by atoms with Crippen LogP contribution in [-0.2, 0) is 15.8 Å². The Bertz CT molecular complexity index is 993. The zero-order valence-electron chi connectivity index (χ0n) is 16.5. The minimum atomic E-state index is -4.62. The fourth-order valence-electron chi connectivity index (χ4n) is 3.48. The van der Waals surface area contributed by atoms with Crippen LogP contribution in [0.5, 0.6) is 0 Å². The first-order valence-corrected chi connectivity index (χ1v) is 9.15. The van der Waals surface area contributed by atoms with E-state index in [1.807, 2.05) is 0 Å². The maximum Gasteiger partial charge on any atom is 0.416 e. The van der Waals surface area contributed by atoms with Crippen molar-refractivity contribution in [1.82, 2.24) is 4.98 Å². The maximum absolute atomic E-state index is 13.7. The number of hydrogen-bond donors (Lipinski definition) is 1. The summed E-state index contributed by atoms with van der Waals surface area (Å²) >= 11 is 0. The first-order valence-electron chi connectivity index (χ1n) is 9.15. The number of rotatable bonds is 4. The Hall–Kier alpha value is -3.17. The molecule has 1 aliphatic rings. The summed E-state index contributed by atoms with van der Waals surface area (Å²) < 4.78 is 53.4. The summed E-state index contributed by atoms with van der Waals surface area (Å²) in [5, 5.41) is 2.85. The Kier molecular flexibility index (Phi) is 5.69. The highest BCUT2D eigenvalue weighted by molar-refractivity contribution is 6.08. The first kappa shape index (κ1) is 21.5. The number of hydrogen-bond acceptors (Lipinski definition) is 4. The third-order valence-electron chi connectivity index (χ3n) is 4.93. The summed E-state index contributed by atoms with van der Waals surface area (Å²) in [5.41, 5.74) is -0.153. The van der Waals surface area contributed by atoms with Crippen LogP contribution in [0, 0.1) is 12.7 Å². The van der Waals surface area contributed by atoms with Gasteiger partial charge in [0.25, 0.3) is 0 Å². The molecule has 1 fully saturated rings. The number of carbonyl (C=O) groups is 2. The van der Waals surface area contributed by atoms with E-state index in [2.05, 4.69) is 10.3 Å². The van der Waals surface area contributed by atoms with Crippen molar-refractivity contribution in [3.05, 3.63) is 47.4 Å². The zero-order valence-corrected chi connectivity index (χ0v) is 16.5. The Morgan fingerprint density at radius 2 is 1.97 bits per heavy atom. The summed E-state index contributed by atoms with van der Waals surface area (Å²) in [6.07, 6.45) is -4.52. The molecule has 0 aliphatic carbocycles. The van der Waals surface area contributed by atoms with Gasteiger partial charge in [0.15, 0.2) is 0 Å². The normalized spacial score (nSPS) is 16.7. The van der Waals surface area contributed by atoms with Gasteiger partial charge in [-0.05, 0) is 43.7 Å². The van der Waals surface area contributed by atoms with E-state index in [1.165, 1.54) is 31.0 Å². The van der Waals surface area contributed by atoms with E-state index >= 15 is 0 Å². The standard InChI is InChI=1S/C20H20F4N4O2/c1-11-8-12(20(22,23)24)9-17(26-11)28-15(6-7-18(28)29)19(30)27(3)16-10-13(21)4-5-14(16)25-2/h4-5,8-10,15,25H,6-7H2,1-3H3. The lowest BCUT2D eigenvalue weighted by Crippen LogP contribution is -2.46.